The van der Waals surface area contributed by atoms with Crippen LogP contribution in [-0.4, -0.2) is 29.8 Å². The number of hydrogen-bond donors (Lipinski definition) is 1. The third-order valence-electron chi connectivity index (χ3n) is 4.04. The Labute approximate surface area is 140 Å². The van der Waals surface area contributed by atoms with Crippen molar-refractivity contribution in [3.63, 3.8) is 0 Å². The van der Waals surface area contributed by atoms with Crippen LogP contribution in [0.4, 0.5) is 5.69 Å². The smallest absolute Gasteiger partial charge is 0.229 e. The Morgan fingerprint density at radius 1 is 1.41 bits per heavy atom. The second kappa shape index (κ2) is 7.77. The van der Waals surface area contributed by atoms with Crippen LogP contribution in [0.3, 0.4) is 0 Å². The van der Waals surface area contributed by atoms with E-state index in [4.69, 9.17) is 0 Å². The third-order valence-corrected chi connectivity index (χ3v) is 4.93. The van der Waals surface area contributed by atoms with E-state index in [-0.39, 0.29) is 17.7 Å². The number of hydrogen-bond acceptors (Lipinski definition) is 2. The highest BCUT2D eigenvalue weighted by molar-refractivity contribution is 9.10. The lowest BCUT2D eigenvalue weighted by Gasteiger charge is -2.16. The van der Waals surface area contributed by atoms with Crippen molar-refractivity contribution in [3.8, 4) is 0 Å². The minimum atomic E-state index is -0.238. The average Bonchev–Trinajstić information content (AvgIpc) is 2.85. The molecule has 4 nitrogen and oxygen atoms in total. The third kappa shape index (κ3) is 4.32. The van der Waals surface area contributed by atoms with Gasteiger partial charge in [-0.1, -0.05) is 35.7 Å². The number of anilines is 1. The maximum atomic E-state index is 12.3. The summed E-state index contributed by atoms with van der Waals surface area (Å²) in [7, 11) is 0. The molecule has 1 aliphatic heterocycles. The van der Waals surface area contributed by atoms with Crippen molar-refractivity contribution in [1.82, 2.24) is 4.90 Å². The fourth-order valence-corrected chi connectivity index (χ4v) is 2.93. The van der Waals surface area contributed by atoms with Crippen molar-refractivity contribution >= 4 is 33.4 Å². The van der Waals surface area contributed by atoms with E-state index >= 15 is 0 Å². The number of nitrogens with zero attached hydrogens (tertiary/aromatic N) is 1. The van der Waals surface area contributed by atoms with Crippen molar-refractivity contribution in [2.75, 3.05) is 18.4 Å². The van der Waals surface area contributed by atoms with E-state index in [1.54, 1.807) is 0 Å². The number of aryl methyl sites for hydroxylation is 1. The number of carbonyl (C=O) groups is 2. The molecule has 1 unspecified atom stereocenters. The monoisotopic (exact) mass is 366 g/mol. The maximum Gasteiger partial charge on any atom is 0.229 e. The molecule has 1 atom stereocenters. The van der Waals surface area contributed by atoms with Gasteiger partial charge in [0.2, 0.25) is 11.8 Å². The summed E-state index contributed by atoms with van der Waals surface area (Å²) in [4.78, 5) is 26.1. The van der Waals surface area contributed by atoms with Crippen LogP contribution in [0.1, 0.15) is 38.2 Å². The number of amides is 2. The fraction of sp³-hybridized carbons (Fsp3) is 0.529. The number of halogens is 1. The largest absolute Gasteiger partial charge is 0.342 e. The number of rotatable bonds is 6. The van der Waals surface area contributed by atoms with E-state index in [9.17, 15) is 9.59 Å². The number of nitrogens with one attached hydrogen (secondary N) is 1. The van der Waals surface area contributed by atoms with Gasteiger partial charge in [0.05, 0.1) is 5.92 Å². The molecule has 2 rings (SSSR count). The molecule has 1 fully saturated rings. The van der Waals surface area contributed by atoms with Crippen molar-refractivity contribution in [1.29, 1.82) is 0 Å². The normalized spacial score (nSPS) is 17.9. The first-order valence-electron chi connectivity index (χ1n) is 7.86. The van der Waals surface area contributed by atoms with Gasteiger partial charge in [0, 0.05) is 29.7 Å². The molecule has 0 bridgehead atoms. The Hall–Kier alpha value is -1.36. The number of benzene rings is 1. The van der Waals surface area contributed by atoms with E-state index in [1.807, 2.05) is 30.0 Å². The van der Waals surface area contributed by atoms with E-state index in [0.29, 0.717) is 13.0 Å². The molecule has 0 radical (unpaired) electrons. The molecule has 1 heterocycles. The van der Waals surface area contributed by atoms with Gasteiger partial charge in [-0.15, -0.1) is 0 Å². The van der Waals surface area contributed by atoms with Crippen molar-refractivity contribution in [2.45, 2.75) is 39.5 Å². The second-order valence-electron chi connectivity index (χ2n) is 5.90. The Balaban J connectivity index is 1.90. The summed E-state index contributed by atoms with van der Waals surface area (Å²) in [5.41, 5.74) is 1.85. The molecule has 0 spiro atoms. The Bertz CT molecular complexity index is 560. The number of likely N-dealkylation sites (tertiary alicyclic amines) is 1. The van der Waals surface area contributed by atoms with Crippen molar-refractivity contribution < 1.29 is 9.59 Å². The SMILES string of the molecule is CCCCCN1CC(C(=O)Nc2ccc(Br)c(C)c2)CC1=O. The number of unbranched alkanes of at least 4 members (excludes halogenated alkanes) is 2. The molecular formula is C17H23BrN2O2. The molecule has 22 heavy (non-hydrogen) atoms. The summed E-state index contributed by atoms with van der Waals surface area (Å²) in [6.07, 6.45) is 3.60. The molecule has 1 saturated heterocycles. The average molecular weight is 367 g/mol. The van der Waals surface area contributed by atoms with Crippen LogP contribution in [0.5, 0.6) is 0 Å². The summed E-state index contributed by atoms with van der Waals surface area (Å²) in [5, 5.41) is 2.92. The lowest BCUT2D eigenvalue weighted by atomic mass is 10.1. The van der Waals surface area contributed by atoms with E-state index in [2.05, 4.69) is 28.2 Å². The summed E-state index contributed by atoms with van der Waals surface area (Å²) in [6, 6.07) is 5.71. The quantitative estimate of drug-likeness (QED) is 0.779. The fourth-order valence-electron chi connectivity index (χ4n) is 2.68. The zero-order chi connectivity index (χ0) is 16.1. The predicted molar refractivity (Wildman–Crippen MR) is 91.7 cm³/mol. The minimum absolute atomic E-state index is 0.0620. The first-order chi connectivity index (χ1) is 10.5. The first-order valence-corrected chi connectivity index (χ1v) is 8.65. The lowest BCUT2D eigenvalue weighted by molar-refractivity contribution is -0.128. The van der Waals surface area contributed by atoms with Crippen LogP contribution in [-0.2, 0) is 9.59 Å². The highest BCUT2D eigenvalue weighted by Crippen LogP contribution is 2.23. The summed E-state index contributed by atoms with van der Waals surface area (Å²) < 4.78 is 1.02. The molecule has 0 saturated carbocycles. The molecule has 0 aliphatic carbocycles. The number of carbonyl (C=O) groups excluding carboxylic acids is 2. The van der Waals surface area contributed by atoms with Gasteiger partial charge < -0.3 is 10.2 Å². The summed E-state index contributed by atoms with van der Waals surface area (Å²) in [6.45, 7) is 5.44. The minimum Gasteiger partial charge on any atom is -0.342 e. The molecule has 5 heteroatoms. The molecule has 1 aliphatic rings. The van der Waals surface area contributed by atoms with E-state index in [0.717, 1.165) is 41.5 Å². The molecule has 1 aromatic carbocycles. The zero-order valence-electron chi connectivity index (χ0n) is 13.2. The Kier molecular flexibility index (Phi) is 6.00. The van der Waals surface area contributed by atoms with Crippen molar-refractivity contribution in [2.24, 2.45) is 5.92 Å². The van der Waals surface area contributed by atoms with E-state index in [1.165, 1.54) is 0 Å². The van der Waals surface area contributed by atoms with Gasteiger partial charge in [0.25, 0.3) is 0 Å². The molecule has 1 aromatic rings. The molecule has 120 valence electrons. The Morgan fingerprint density at radius 2 is 2.18 bits per heavy atom. The summed E-state index contributed by atoms with van der Waals surface area (Å²) in [5.74, 6) is -0.200. The Morgan fingerprint density at radius 3 is 2.86 bits per heavy atom. The zero-order valence-corrected chi connectivity index (χ0v) is 14.8. The standard InChI is InChI=1S/C17H23BrN2O2/c1-3-4-5-8-20-11-13(10-16(20)21)17(22)19-14-6-7-15(18)12(2)9-14/h6-7,9,13H,3-5,8,10-11H2,1-2H3,(H,19,22). The van der Waals surface area contributed by atoms with Gasteiger partial charge in [-0.2, -0.15) is 0 Å². The van der Waals surface area contributed by atoms with Crippen LogP contribution in [0.25, 0.3) is 0 Å². The van der Waals surface area contributed by atoms with Gasteiger partial charge >= 0.3 is 0 Å². The molecule has 0 aromatic heterocycles. The molecule has 2 amide bonds. The summed E-state index contributed by atoms with van der Waals surface area (Å²) >= 11 is 3.44. The first kappa shape index (κ1) is 17.0. The molecule has 1 N–H and O–H groups in total. The van der Waals surface area contributed by atoms with Crippen molar-refractivity contribution in [3.05, 3.63) is 28.2 Å². The van der Waals surface area contributed by atoms with Gasteiger partial charge in [0.1, 0.15) is 0 Å². The lowest BCUT2D eigenvalue weighted by Crippen LogP contribution is -2.29. The van der Waals surface area contributed by atoms with Crippen LogP contribution in [0.15, 0.2) is 22.7 Å². The highest BCUT2D eigenvalue weighted by atomic mass is 79.9. The topological polar surface area (TPSA) is 49.4 Å². The van der Waals surface area contributed by atoms with Gasteiger partial charge in [-0.05, 0) is 37.1 Å². The predicted octanol–water partition coefficient (Wildman–Crippen LogP) is 3.73. The van der Waals surface area contributed by atoms with Crippen LogP contribution >= 0.6 is 15.9 Å². The van der Waals surface area contributed by atoms with Crippen LogP contribution in [0, 0.1) is 12.8 Å². The maximum absolute atomic E-state index is 12.3. The van der Waals surface area contributed by atoms with E-state index < -0.39 is 0 Å². The van der Waals surface area contributed by atoms with Gasteiger partial charge in [0.15, 0.2) is 0 Å². The second-order valence-corrected chi connectivity index (χ2v) is 6.76. The highest BCUT2D eigenvalue weighted by Gasteiger charge is 2.33. The van der Waals surface area contributed by atoms with Crippen LogP contribution in [0.2, 0.25) is 0 Å². The van der Waals surface area contributed by atoms with Crippen LogP contribution < -0.4 is 5.32 Å². The van der Waals surface area contributed by atoms with Gasteiger partial charge in [-0.3, -0.25) is 9.59 Å². The molecular weight excluding hydrogens is 344 g/mol. The van der Waals surface area contributed by atoms with Gasteiger partial charge in [-0.25, -0.2) is 0 Å².